The van der Waals surface area contributed by atoms with Gasteiger partial charge >= 0.3 is 12.1 Å². The SMILES string of the molecule is COc1nc(O[C@H]2CCc3c(-c4cccc(-c5cc6cc7c(c(C(F)(F)F)c6o5)CC[C@H]7N5CC[C@@H](C(=O)O)C5)c4C)cccc32)c(Cl)cc1CN1CC2(CCC(=O)N2)C1. The number of furan rings is 1. The summed E-state index contributed by atoms with van der Waals surface area (Å²) in [7, 11) is 1.57. The highest BCUT2D eigenvalue weighted by Gasteiger charge is 2.48. The Morgan fingerprint density at radius 1 is 1.00 bits per heavy atom. The van der Waals surface area contributed by atoms with Gasteiger partial charge in [0.2, 0.25) is 17.7 Å². The van der Waals surface area contributed by atoms with Crippen molar-refractivity contribution >= 4 is 34.4 Å². The summed E-state index contributed by atoms with van der Waals surface area (Å²) in [5.74, 6) is -0.209. The number of alkyl halides is 3. The molecule has 60 heavy (non-hydrogen) atoms. The zero-order chi connectivity index (χ0) is 41.7. The zero-order valence-electron chi connectivity index (χ0n) is 33.3. The monoisotopic (exact) mass is 840 g/mol. The molecule has 5 aliphatic rings. The van der Waals surface area contributed by atoms with Gasteiger partial charge in [-0.15, -0.1) is 0 Å². The number of nitrogens with zero attached hydrogens (tertiary/aromatic N) is 3. The minimum atomic E-state index is -4.64. The maximum absolute atomic E-state index is 14.9. The van der Waals surface area contributed by atoms with Gasteiger partial charge in [-0.05, 0) is 109 Å². The molecule has 0 bridgehead atoms. The smallest absolute Gasteiger partial charge is 0.420 e. The lowest BCUT2D eigenvalue weighted by atomic mass is 9.88. The number of carboxylic acid groups (broad SMARTS) is 1. The summed E-state index contributed by atoms with van der Waals surface area (Å²) in [4.78, 5) is 32.4. The Morgan fingerprint density at radius 3 is 2.50 bits per heavy atom. The van der Waals surface area contributed by atoms with Crippen LogP contribution in [-0.4, -0.2) is 70.6 Å². The number of fused-ring (bicyclic) bond motifs is 3. The zero-order valence-corrected chi connectivity index (χ0v) is 34.0. The Hall–Kier alpha value is -5.11. The number of amides is 1. The van der Waals surface area contributed by atoms with E-state index in [2.05, 4.69) is 16.3 Å². The summed E-state index contributed by atoms with van der Waals surface area (Å²) in [5, 5.41) is 13.4. The lowest BCUT2D eigenvalue weighted by molar-refractivity contribution is -0.141. The fourth-order valence-electron chi connectivity index (χ4n) is 10.7. The van der Waals surface area contributed by atoms with E-state index in [1.54, 1.807) is 13.2 Å². The Kier molecular flexibility index (Phi) is 9.45. The number of aromatic nitrogens is 1. The number of methoxy groups -OCH3 is 1. The first-order chi connectivity index (χ1) is 28.8. The van der Waals surface area contributed by atoms with Crippen molar-refractivity contribution < 1.29 is 41.8 Å². The third-order valence-electron chi connectivity index (χ3n) is 13.5. The van der Waals surface area contributed by atoms with Crippen molar-refractivity contribution in [2.24, 2.45) is 5.92 Å². The van der Waals surface area contributed by atoms with E-state index < -0.39 is 23.6 Å². The number of aliphatic carboxylic acids is 1. The molecule has 312 valence electrons. The van der Waals surface area contributed by atoms with E-state index in [4.69, 9.17) is 30.5 Å². The molecule has 5 heterocycles. The van der Waals surface area contributed by atoms with E-state index in [9.17, 15) is 27.9 Å². The van der Waals surface area contributed by atoms with Crippen molar-refractivity contribution in [3.63, 3.8) is 0 Å². The van der Waals surface area contributed by atoms with Gasteiger partial charge in [0.15, 0.2) is 0 Å². The Bertz CT molecular complexity index is 2590. The van der Waals surface area contributed by atoms with Gasteiger partial charge in [-0.25, -0.2) is 0 Å². The molecule has 1 amide bonds. The molecule has 1 spiro atoms. The number of likely N-dealkylation sites (tertiary alicyclic amines) is 2. The van der Waals surface area contributed by atoms with E-state index in [1.165, 1.54) is 0 Å². The van der Waals surface area contributed by atoms with E-state index in [0.29, 0.717) is 78.5 Å². The van der Waals surface area contributed by atoms with Gasteiger partial charge in [0.1, 0.15) is 28.0 Å². The number of benzene rings is 3. The second-order valence-corrected chi connectivity index (χ2v) is 17.5. The molecule has 5 aromatic rings. The first-order valence-corrected chi connectivity index (χ1v) is 21.0. The molecular weight excluding hydrogens is 797 g/mol. The van der Waals surface area contributed by atoms with Crippen molar-refractivity contribution in [3.8, 4) is 34.2 Å². The second-order valence-electron chi connectivity index (χ2n) is 17.1. The van der Waals surface area contributed by atoms with Crippen LogP contribution in [0, 0.1) is 12.8 Å². The Morgan fingerprint density at radius 2 is 1.77 bits per heavy atom. The van der Waals surface area contributed by atoms with Crippen LogP contribution in [0.2, 0.25) is 5.02 Å². The number of ether oxygens (including phenoxy) is 2. The number of hydrogen-bond donors (Lipinski definition) is 2. The molecule has 14 heteroatoms. The normalized spacial score (nSPS) is 22.3. The van der Waals surface area contributed by atoms with Crippen molar-refractivity contribution in [1.82, 2.24) is 20.1 Å². The molecule has 2 N–H and O–H groups in total. The Labute approximate surface area is 349 Å². The number of halogens is 4. The number of hydrogen-bond acceptors (Lipinski definition) is 8. The molecule has 3 atom stereocenters. The summed E-state index contributed by atoms with van der Waals surface area (Å²) in [5.41, 5.74) is 6.31. The average Bonchev–Trinajstić information content (AvgIpc) is 4.05. The minimum absolute atomic E-state index is 0.104. The summed E-state index contributed by atoms with van der Waals surface area (Å²) < 4.78 is 63.2. The van der Waals surface area contributed by atoms with Gasteiger partial charge in [-0.1, -0.05) is 48.0 Å². The Balaban J connectivity index is 0.922. The van der Waals surface area contributed by atoms with Gasteiger partial charge in [0.25, 0.3) is 0 Å². The fraction of sp³-hybridized carbons (Fsp3) is 0.413. The van der Waals surface area contributed by atoms with Crippen molar-refractivity contribution in [1.29, 1.82) is 0 Å². The number of carbonyl (C=O) groups excluding carboxylic acids is 1. The lowest BCUT2D eigenvalue weighted by Crippen LogP contribution is -2.66. The van der Waals surface area contributed by atoms with Gasteiger partial charge < -0.3 is 24.3 Å². The number of carboxylic acids is 1. The molecule has 3 aliphatic heterocycles. The van der Waals surface area contributed by atoms with Crippen molar-refractivity contribution in [3.05, 3.63) is 98.6 Å². The largest absolute Gasteiger partial charge is 0.481 e. The maximum Gasteiger partial charge on any atom is 0.420 e. The highest BCUT2D eigenvalue weighted by Crippen LogP contribution is 2.50. The number of pyridine rings is 1. The van der Waals surface area contributed by atoms with Crippen LogP contribution in [0.4, 0.5) is 13.2 Å². The van der Waals surface area contributed by atoms with Gasteiger partial charge in [0.05, 0.1) is 18.6 Å². The number of rotatable bonds is 9. The third-order valence-corrected chi connectivity index (χ3v) is 13.8. The predicted octanol–water partition coefficient (Wildman–Crippen LogP) is 9.08. The van der Waals surface area contributed by atoms with Crippen LogP contribution in [0.5, 0.6) is 11.8 Å². The topological polar surface area (TPSA) is 117 Å². The first kappa shape index (κ1) is 39.1. The molecular formula is C46H44ClF3N4O6. The van der Waals surface area contributed by atoms with E-state index in [1.807, 2.05) is 54.3 Å². The van der Waals surface area contributed by atoms with E-state index in [0.717, 1.165) is 59.3 Å². The molecule has 0 saturated carbocycles. The lowest BCUT2D eigenvalue weighted by Gasteiger charge is -2.48. The molecule has 3 saturated heterocycles. The molecule has 2 aliphatic carbocycles. The minimum Gasteiger partial charge on any atom is -0.481 e. The van der Waals surface area contributed by atoms with Crippen molar-refractivity contribution in [2.45, 2.75) is 82.3 Å². The molecule has 0 unspecified atom stereocenters. The van der Waals surface area contributed by atoms with Gasteiger partial charge in [0, 0.05) is 55.2 Å². The van der Waals surface area contributed by atoms with Crippen LogP contribution in [-0.2, 0) is 35.2 Å². The summed E-state index contributed by atoms with van der Waals surface area (Å²) in [6.07, 6.45) is -0.882. The summed E-state index contributed by atoms with van der Waals surface area (Å²) >= 11 is 6.81. The third kappa shape index (κ3) is 6.60. The molecule has 10 rings (SSSR count). The van der Waals surface area contributed by atoms with Gasteiger partial charge in [-0.3, -0.25) is 19.4 Å². The molecule has 10 nitrogen and oxygen atoms in total. The predicted molar refractivity (Wildman–Crippen MR) is 218 cm³/mol. The summed E-state index contributed by atoms with van der Waals surface area (Å²) in [6.45, 7) is 4.94. The first-order valence-electron chi connectivity index (χ1n) is 20.6. The maximum atomic E-state index is 14.9. The standard InChI is InChI=1S/C46H44ClF3N4O6/c1-24-28(5-3-6-29(24)38-19-26-17-34-33(40(41(26)59-38)46(48,49)50)9-11-36(34)54-16-14-25(21-54)44(56)57)30-7-4-8-32-31(30)10-12-37(32)60-43-35(47)18-27(42(51-43)58-2)20-53-22-45(23-53)15-13-39(55)52-45/h3-8,17-19,25,36-37H,9-16,20-23H2,1-2H3,(H,52,55)(H,56,57)/t25-,36-,37+/m1/s1. The number of carbonyl (C=O) groups is 2. The summed E-state index contributed by atoms with van der Waals surface area (Å²) in [6, 6.07) is 17.0. The van der Waals surface area contributed by atoms with Crippen LogP contribution in [0.25, 0.3) is 33.4 Å². The van der Waals surface area contributed by atoms with Crippen LogP contribution in [0.3, 0.4) is 0 Å². The molecule has 3 fully saturated rings. The highest BCUT2D eigenvalue weighted by atomic mass is 35.5. The van der Waals surface area contributed by atoms with Crippen LogP contribution in [0.1, 0.15) is 83.2 Å². The van der Waals surface area contributed by atoms with Crippen LogP contribution < -0.4 is 14.8 Å². The van der Waals surface area contributed by atoms with Gasteiger partial charge in [-0.2, -0.15) is 18.2 Å². The highest BCUT2D eigenvalue weighted by molar-refractivity contribution is 6.31. The molecule has 3 aromatic carbocycles. The fourth-order valence-corrected chi connectivity index (χ4v) is 10.9. The van der Waals surface area contributed by atoms with E-state index in [-0.39, 0.29) is 47.0 Å². The molecule has 0 radical (unpaired) electrons. The van der Waals surface area contributed by atoms with E-state index >= 15 is 0 Å². The second kappa shape index (κ2) is 14.5. The average molecular weight is 841 g/mol. The quantitative estimate of drug-likeness (QED) is 0.150. The van der Waals surface area contributed by atoms with Crippen LogP contribution in [0.15, 0.2) is 59.0 Å². The molecule has 2 aromatic heterocycles. The van der Waals surface area contributed by atoms with Crippen LogP contribution >= 0.6 is 11.6 Å². The number of nitrogens with one attached hydrogen (secondary N) is 1. The van der Waals surface area contributed by atoms with Crippen molar-refractivity contribution in [2.75, 3.05) is 33.3 Å².